The molecule has 46 heavy (non-hydrogen) atoms. The smallest absolute Gasteiger partial charge is 0.416 e. The number of nitro benzene ring substituents is 1. The molecule has 0 fully saturated rings. The number of allylic oxidation sites excluding steroid dienone is 1. The van der Waals surface area contributed by atoms with Gasteiger partial charge in [0.05, 0.1) is 45.5 Å². The number of rotatable bonds is 9. The number of hydrogen-bond donors (Lipinski definition) is 0. The maximum atomic E-state index is 13.9. The second-order valence-electron chi connectivity index (χ2n) is 9.89. The van der Waals surface area contributed by atoms with Crippen molar-refractivity contribution < 1.29 is 37.1 Å². The zero-order valence-corrected chi connectivity index (χ0v) is 25.5. The molecule has 0 unspecified atom stereocenters. The van der Waals surface area contributed by atoms with Crippen LogP contribution >= 0.6 is 11.3 Å². The molecule has 1 aliphatic heterocycles. The Hall–Kier alpha value is -5.24. The van der Waals surface area contributed by atoms with Gasteiger partial charge in [0.25, 0.3) is 5.56 Å². The molecule has 238 valence electrons. The van der Waals surface area contributed by atoms with Gasteiger partial charge in [0.1, 0.15) is 0 Å². The van der Waals surface area contributed by atoms with Gasteiger partial charge in [-0.1, -0.05) is 47.7 Å². The van der Waals surface area contributed by atoms with E-state index in [1.54, 1.807) is 32.9 Å². The van der Waals surface area contributed by atoms with E-state index in [4.69, 9.17) is 14.2 Å². The Balaban J connectivity index is 1.57. The second kappa shape index (κ2) is 13.0. The van der Waals surface area contributed by atoms with Gasteiger partial charge >= 0.3 is 17.8 Å². The fraction of sp³-hybridized carbons (Fsp3) is 0.219. The maximum Gasteiger partial charge on any atom is 0.416 e. The van der Waals surface area contributed by atoms with Gasteiger partial charge in [-0.15, -0.1) is 0 Å². The van der Waals surface area contributed by atoms with Gasteiger partial charge in [-0.05, 0) is 62.2 Å². The average molecular weight is 654 g/mol. The zero-order valence-electron chi connectivity index (χ0n) is 24.7. The van der Waals surface area contributed by atoms with E-state index in [1.165, 1.54) is 16.7 Å². The molecule has 0 N–H and O–H groups in total. The van der Waals surface area contributed by atoms with Gasteiger partial charge < -0.3 is 14.2 Å². The van der Waals surface area contributed by atoms with E-state index in [9.17, 15) is 32.9 Å². The molecule has 0 bridgehead atoms. The number of fused-ring (bicyclic) bond motifs is 1. The lowest BCUT2D eigenvalue weighted by atomic mass is 9.96. The number of carbonyl (C=O) groups excluding carboxylic acids is 1. The molecular weight excluding hydrogens is 627 g/mol. The summed E-state index contributed by atoms with van der Waals surface area (Å²) < 4.78 is 57.9. The molecule has 0 aliphatic carbocycles. The van der Waals surface area contributed by atoms with Crippen LogP contribution in [0.25, 0.3) is 6.08 Å². The SMILES string of the molecule is CCOC(=O)C1=C(C)N=c2sc(=Cc3ccc(Oc4ccc(C(F)(F)F)cc4[N+](=O)[O-])c(OCC)c3)c(=O)n2[C@H]1c1ccccc1. The van der Waals surface area contributed by atoms with Crippen LogP contribution in [0.4, 0.5) is 18.9 Å². The van der Waals surface area contributed by atoms with Crippen LogP contribution in [0.15, 0.2) is 87.8 Å². The Morgan fingerprint density at radius 2 is 1.76 bits per heavy atom. The molecule has 2 heterocycles. The topological polar surface area (TPSA) is 122 Å². The van der Waals surface area contributed by atoms with Crippen LogP contribution in [0.3, 0.4) is 0 Å². The Morgan fingerprint density at radius 3 is 2.41 bits per heavy atom. The van der Waals surface area contributed by atoms with Crippen molar-refractivity contribution in [2.45, 2.75) is 33.0 Å². The number of nitrogens with zero attached hydrogens (tertiary/aromatic N) is 3. The molecule has 3 aromatic carbocycles. The van der Waals surface area contributed by atoms with Crippen LogP contribution in [-0.4, -0.2) is 28.7 Å². The van der Waals surface area contributed by atoms with E-state index < -0.39 is 45.7 Å². The molecule has 0 amide bonds. The molecule has 0 saturated carbocycles. The highest BCUT2D eigenvalue weighted by Crippen LogP contribution is 2.40. The molecule has 0 saturated heterocycles. The van der Waals surface area contributed by atoms with Crippen LogP contribution in [0, 0.1) is 10.1 Å². The van der Waals surface area contributed by atoms with Crippen molar-refractivity contribution in [2.24, 2.45) is 4.99 Å². The lowest BCUT2D eigenvalue weighted by molar-refractivity contribution is -0.385. The highest BCUT2D eigenvalue weighted by atomic mass is 32.1. The summed E-state index contributed by atoms with van der Waals surface area (Å²) in [6.45, 7) is 5.40. The number of halogens is 3. The predicted octanol–water partition coefficient (Wildman–Crippen LogP) is 5.92. The van der Waals surface area contributed by atoms with E-state index in [2.05, 4.69) is 4.99 Å². The number of nitro groups is 1. The van der Waals surface area contributed by atoms with Gasteiger partial charge in [-0.25, -0.2) is 9.79 Å². The van der Waals surface area contributed by atoms with Gasteiger partial charge in [-0.3, -0.25) is 19.5 Å². The van der Waals surface area contributed by atoms with Gasteiger partial charge in [-0.2, -0.15) is 13.2 Å². The molecule has 10 nitrogen and oxygen atoms in total. The van der Waals surface area contributed by atoms with Crippen molar-refractivity contribution in [3.05, 3.63) is 124 Å². The van der Waals surface area contributed by atoms with Crippen molar-refractivity contribution in [2.75, 3.05) is 13.2 Å². The van der Waals surface area contributed by atoms with Gasteiger partial charge in [0.15, 0.2) is 16.3 Å². The third kappa shape index (κ3) is 6.42. The maximum absolute atomic E-state index is 13.9. The van der Waals surface area contributed by atoms with Crippen LogP contribution in [-0.2, 0) is 15.7 Å². The van der Waals surface area contributed by atoms with Crippen molar-refractivity contribution >= 4 is 29.1 Å². The summed E-state index contributed by atoms with van der Waals surface area (Å²) in [6.07, 6.45) is -3.18. The first-order valence-electron chi connectivity index (χ1n) is 14.0. The minimum absolute atomic E-state index is 0.0158. The third-order valence-electron chi connectivity index (χ3n) is 6.90. The van der Waals surface area contributed by atoms with E-state index in [0.717, 1.165) is 17.4 Å². The molecule has 14 heteroatoms. The fourth-order valence-corrected chi connectivity index (χ4v) is 5.95. The number of ether oxygens (including phenoxy) is 3. The van der Waals surface area contributed by atoms with Crippen LogP contribution < -0.4 is 24.4 Å². The molecule has 1 aliphatic rings. The summed E-state index contributed by atoms with van der Waals surface area (Å²) >= 11 is 1.12. The molecule has 4 aromatic rings. The molecule has 0 spiro atoms. The van der Waals surface area contributed by atoms with E-state index in [0.29, 0.717) is 38.3 Å². The summed E-state index contributed by atoms with van der Waals surface area (Å²) in [6, 6.07) is 14.8. The number of benzene rings is 3. The minimum atomic E-state index is -4.78. The number of carbonyl (C=O) groups is 1. The molecular formula is C32H26F3N3O7S. The third-order valence-corrected chi connectivity index (χ3v) is 7.88. The largest absolute Gasteiger partial charge is 0.490 e. The highest BCUT2D eigenvalue weighted by Gasteiger charge is 2.34. The standard InChI is InChI=1S/C32H26F3N3O7S/c1-4-43-25-15-19(11-13-24(25)45-23-14-12-21(32(33,34)35)17-22(23)38(41)42)16-26-29(39)37-28(20-9-7-6-8-10-20)27(30(40)44-5-2)18(3)36-31(37)46-26/h6-17,28H,4-5H2,1-3H3/t28-/m0/s1. The summed E-state index contributed by atoms with van der Waals surface area (Å²) in [7, 11) is 0. The molecule has 1 atom stereocenters. The van der Waals surface area contributed by atoms with Crippen molar-refractivity contribution in [3.63, 3.8) is 0 Å². The van der Waals surface area contributed by atoms with E-state index >= 15 is 0 Å². The van der Waals surface area contributed by atoms with Crippen molar-refractivity contribution in [3.8, 4) is 17.2 Å². The van der Waals surface area contributed by atoms with Crippen LogP contribution in [0.2, 0.25) is 0 Å². The van der Waals surface area contributed by atoms with Gasteiger partial charge in [0.2, 0.25) is 5.75 Å². The van der Waals surface area contributed by atoms with Crippen molar-refractivity contribution in [1.82, 2.24) is 4.57 Å². The number of esters is 1. The second-order valence-corrected chi connectivity index (χ2v) is 10.9. The van der Waals surface area contributed by atoms with Crippen LogP contribution in [0.5, 0.6) is 17.2 Å². The first kappa shape index (κ1) is 32.2. The number of hydrogen-bond acceptors (Lipinski definition) is 9. The lowest BCUT2D eigenvalue weighted by Gasteiger charge is -2.24. The summed E-state index contributed by atoms with van der Waals surface area (Å²) in [5.41, 5.74) is -0.571. The summed E-state index contributed by atoms with van der Waals surface area (Å²) in [4.78, 5) is 42.4. The lowest BCUT2D eigenvalue weighted by Crippen LogP contribution is -2.39. The van der Waals surface area contributed by atoms with E-state index in [-0.39, 0.29) is 30.3 Å². The Bertz CT molecular complexity index is 2040. The normalized spacial score (nSPS) is 14.8. The molecule has 1 aromatic heterocycles. The zero-order chi connectivity index (χ0) is 33.2. The number of alkyl halides is 3. The minimum Gasteiger partial charge on any atom is -0.490 e. The molecule has 5 rings (SSSR count). The Morgan fingerprint density at radius 1 is 1.04 bits per heavy atom. The predicted molar refractivity (Wildman–Crippen MR) is 163 cm³/mol. The number of thiazole rings is 1. The fourth-order valence-electron chi connectivity index (χ4n) is 4.90. The highest BCUT2D eigenvalue weighted by molar-refractivity contribution is 7.07. The van der Waals surface area contributed by atoms with Crippen LogP contribution in [0.1, 0.15) is 43.5 Å². The summed E-state index contributed by atoms with van der Waals surface area (Å²) in [5, 5.41) is 11.6. The first-order valence-corrected chi connectivity index (χ1v) is 14.8. The number of aromatic nitrogens is 1. The quantitative estimate of drug-likeness (QED) is 0.125. The first-order chi connectivity index (χ1) is 21.9. The molecule has 0 radical (unpaired) electrons. The van der Waals surface area contributed by atoms with E-state index in [1.807, 2.05) is 30.3 Å². The van der Waals surface area contributed by atoms with Gasteiger partial charge in [0, 0.05) is 6.07 Å². The Kier molecular flexibility index (Phi) is 9.10. The Labute approximate surface area is 263 Å². The monoisotopic (exact) mass is 653 g/mol. The van der Waals surface area contributed by atoms with Crippen molar-refractivity contribution in [1.29, 1.82) is 0 Å². The summed E-state index contributed by atoms with van der Waals surface area (Å²) in [5.74, 6) is -0.825. The average Bonchev–Trinajstić information content (AvgIpc) is 3.31.